The Morgan fingerprint density at radius 3 is 2.07 bits per heavy atom. The van der Waals surface area contributed by atoms with E-state index >= 15 is 0 Å². The third kappa shape index (κ3) is 6.53. The van der Waals surface area contributed by atoms with Gasteiger partial charge in [0, 0.05) is 23.6 Å². The second kappa shape index (κ2) is 9.35. The summed E-state index contributed by atoms with van der Waals surface area (Å²) in [5.74, 6) is -0.275. The molecular formula is C23H29NO4S. The van der Waals surface area contributed by atoms with Crippen LogP contribution in [0.3, 0.4) is 0 Å². The van der Waals surface area contributed by atoms with Gasteiger partial charge in [0.25, 0.3) is 5.91 Å². The maximum Gasteiger partial charge on any atom is 0.251 e. The lowest BCUT2D eigenvalue weighted by atomic mass is 9.98. The topological polar surface area (TPSA) is 80.3 Å². The van der Waals surface area contributed by atoms with Crippen LogP contribution in [0.5, 0.6) is 0 Å². The summed E-state index contributed by atoms with van der Waals surface area (Å²) in [5.41, 5.74) is 3.41. The highest BCUT2D eigenvalue weighted by Crippen LogP contribution is 2.16. The number of sulfone groups is 1. The van der Waals surface area contributed by atoms with Crippen molar-refractivity contribution in [2.75, 3.05) is 0 Å². The molecule has 0 aliphatic rings. The first kappa shape index (κ1) is 22.8. The predicted octanol–water partition coefficient (Wildman–Crippen LogP) is 3.88. The molecule has 0 saturated heterocycles. The van der Waals surface area contributed by atoms with Gasteiger partial charge in [-0.1, -0.05) is 35.9 Å². The van der Waals surface area contributed by atoms with E-state index in [1.807, 2.05) is 26.8 Å². The van der Waals surface area contributed by atoms with E-state index in [1.54, 1.807) is 50.2 Å². The lowest BCUT2D eigenvalue weighted by Gasteiger charge is -2.11. The summed E-state index contributed by atoms with van der Waals surface area (Å²) in [6, 6.07) is 12.2. The Balaban J connectivity index is 2.14. The van der Waals surface area contributed by atoms with Crippen LogP contribution in [0.25, 0.3) is 0 Å². The monoisotopic (exact) mass is 415 g/mol. The maximum absolute atomic E-state index is 12.7. The highest BCUT2D eigenvalue weighted by molar-refractivity contribution is 7.91. The molecule has 1 amide bonds. The fraction of sp³-hybridized carbons (Fsp3) is 0.391. The van der Waals surface area contributed by atoms with Crippen LogP contribution in [0.2, 0.25) is 0 Å². The lowest BCUT2D eigenvalue weighted by Crippen LogP contribution is -2.30. The molecule has 0 bridgehead atoms. The number of benzene rings is 2. The van der Waals surface area contributed by atoms with E-state index in [0.29, 0.717) is 16.7 Å². The van der Waals surface area contributed by atoms with Gasteiger partial charge in [-0.05, 0) is 57.9 Å². The molecular weight excluding hydrogens is 386 g/mol. The summed E-state index contributed by atoms with van der Waals surface area (Å²) < 4.78 is 24.1. The summed E-state index contributed by atoms with van der Waals surface area (Å²) in [7, 11) is -3.18. The quantitative estimate of drug-likeness (QED) is 0.664. The smallest absolute Gasteiger partial charge is 0.251 e. The van der Waals surface area contributed by atoms with E-state index in [0.717, 1.165) is 11.1 Å². The molecule has 2 rings (SSSR count). The molecule has 5 nitrogen and oxygen atoms in total. The first-order valence-electron chi connectivity index (χ1n) is 9.73. The molecule has 2 aromatic rings. The Kier molecular flexibility index (Phi) is 7.36. The number of ketones is 1. The van der Waals surface area contributed by atoms with Gasteiger partial charge in [-0.2, -0.15) is 0 Å². The van der Waals surface area contributed by atoms with Crippen LogP contribution in [0.15, 0.2) is 42.5 Å². The Hall–Kier alpha value is -2.47. The molecule has 0 spiro atoms. The molecule has 0 unspecified atom stereocenters. The van der Waals surface area contributed by atoms with Crippen LogP contribution in [-0.2, 0) is 22.0 Å². The number of rotatable bonds is 8. The van der Waals surface area contributed by atoms with Crippen LogP contribution in [0.1, 0.15) is 65.1 Å². The van der Waals surface area contributed by atoms with Crippen LogP contribution in [0.4, 0.5) is 0 Å². The first-order chi connectivity index (χ1) is 13.5. The van der Waals surface area contributed by atoms with Gasteiger partial charge in [-0.25, -0.2) is 8.42 Å². The van der Waals surface area contributed by atoms with Gasteiger partial charge in [0.1, 0.15) is 0 Å². The molecule has 0 saturated carbocycles. The van der Waals surface area contributed by atoms with E-state index in [4.69, 9.17) is 0 Å². The second-order valence-corrected chi connectivity index (χ2v) is 10.5. The summed E-state index contributed by atoms with van der Waals surface area (Å²) in [5, 5.41) is 2.42. The van der Waals surface area contributed by atoms with Crippen molar-refractivity contribution < 1.29 is 18.0 Å². The van der Waals surface area contributed by atoms with Crippen LogP contribution in [-0.4, -0.2) is 31.4 Å². The Bertz CT molecular complexity index is 990. The molecule has 0 aliphatic heterocycles. The van der Waals surface area contributed by atoms with Crippen molar-refractivity contribution >= 4 is 21.5 Å². The number of carbonyl (C=O) groups excluding carboxylic acids is 2. The Morgan fingerprint density at radius 2 is 1.52 bits per heavy atom. The maximum atomic E-state index is 12.7. The number of Topliss-reactive ketones (excluding diaryl/α,β-unsaturated/α-hetero) is 1. The zero-order chi connectivity index (χ0) is 21.8. The van der Waals surface area contributed by atoms with Crippen molar-refractivity contribution in [2.45, 2.75) is 58.1 Å². The van der Waals surface area contributed by atoms with Gasteiger partial charge < -0.3 is 5.32 Å². The van der Waals surface area contributed by atoms with Crippen LogP contribution < -0.4 is 5.32 Å². The van der Waals surface area contributed by atoms with Crippen molar-refractivity contribution in [2.24, 2.45) is 0 Å². The number of nitrogens with one attached hydrogen (secondary N) is 1. The van der Waals surface area contributed by atoms with Gasteiger partial charge in [0.15, 0.2) is 15.6 Å². The minimum Gasteiger partial charge on any atom is -0.350 e. The largest absolute Gasteiger partial charge is 0.350 e. The van der Waals surface area contributed by atoms with Gasteiger partial charge in [0.05, 0.1) is 11.0 Å². The number of carbonyl (C=O) groups is 2. The number of hydrogen-bond donors (Lipinski definition) is 1. The molecule has 1 N–H and O–H groups in total. The molecule has 0 radical (unpaired) electrons. The second-order valence-electron chi connectivity index (χ2n) is 7.99. The van der Waals surface area contributed by atoms with Crippen molar-refractivity contribution in [3.8, 4) is 0 Å². The third-order valence-corrected chi connectivity index (χ3v) is 6.72. The Morgan fingerprint density at radius 1 is 0.897 bits per heavy atom. The molecule has 156 valence electrons. The fourth-order valence-corrected chi connectivity index (χ4v) is 3.90. The number of hydrogen-bond acceptors (Lipinski definition) is 4. The zero-order valence-corrected chi connectivity index (χ0v) is 18.5. The normalized spacial score (nSPS) is 11.7. The van der Waals surface area contributed by atoms with E-state index in [-0.39, 0.29) is 29.9 Å². The standard InChI is InChI=1S/C23H29NO4S/c1-15(2)24-23(26)21-11-17(5)10-19(12-21)13-22(25)20-8-6-18(7-9-20)14-29(27,28)16(3)4/h6-12,15-16H,13-14H2,1-5H3,(H,24,26). The minimum atomic E-state index is -3.18. The number of amides is 1. The SMILES string of the molecule is Cc1cc(CC(=O)c2ccc(CS(=O)(=O)C(C)C)cc2)cc(C(=O)NC(C)C)c1. The van der Waals surface area contributed by atoms with E-state index in [9.17, 15) is 18.0 Å². The highest BCUT2D eigenvalue weighted by atomic mass is 32.2. The van der Waals surface area contributed by atoms with Crippen LogP contribution >= 0.6 is 0 Å². The Labute approximate surface area is 173 Å². The van der Waals surface area contributed by atoms with Gasteiger partial charge in [-0.3, -0.25) is 9.59 Å². The molecule has 0 heterocycles. The molecule has 0 fully saturated rings. The van der Waals surface area contributed by atoms with E-state index < -0.39 is 15.1 Å². The minimum absolute atomic E-state index is 0.0334. The third-order valence-electron chi connectivity index (χ3n) is 4.55. The summed E-state index contributed by atoms with van der Waals surface area (Å²) >= 11 is 0. The van der Waals surface area contributed by atoms with Crippen molar-refractivity contribution in [1.82, 2.24) is 5.32 Å². The average Bonchev–Trinajstić information content (AvgIpc) is 2.60. The summed E-state index contributed by atoms with van der Waals surface area (Å²) in [6.07, 6.45) is 0.174. The van der Waals surface area contributed by atoms with Crippen molar-refractivity contribution in [3.63, 3.8) is 0 Å². The average molecular weight is 416 g/mol. The van der Waals surface area contributed by atoms with Gasteiger partial charge in [0.2, 0.25) is 0 Å². The summed E-state index contributed by atoms with van der Waals surface area (Å²) in [6.45, 7) is 9.00. The van der Waals surface area contributed by atoms with Crippen molar-refractivity contribution in [3.05, 3.63) is 70.3 Å². The first-order valence-corrected chi connectivity index (χ1v) is 11.4. The predicted molar refractivity (Wildman–Crippen MR) is 116 cm³/mol. The summed E-state index contributed by atoms with van der Waals surface area (Å²) in [4.78, 5) is 24.9. The zero-order valence-electron chi connectivity index (χ0n) is 17.7. The molecule has 29 heavy (non-hydrogen) atoms. The molecule has 2 aromatic carbocycles. The molecule has 6 heteroatoms. The van der Waals surface area contributed by atoms with Crippen LogP contribution in [0, 0.1) is 6.92 Å². The number of aryl methyl sites for hydroxylation is 1. The highest BCUT2D eigenvalue weighted by Gasteiger charge is 2.17. The van der Waals surface area contributed by atoms with Gasteiger partial charge >= 0.3 is 0 Å². The molecule has 0 atom stereocenters. The molecule has 0 aromatic heterocycles. The van der Waals surface area contributed by atoms with Crippen molar-refractivity contribution in [1.29, 1.82) is 0 Å². The fourth-order valence-electron chi connectivity index (χ4n) is 2.91. The van der Waals surface area contributed by atoms with E-state index in [1.165, 1.54) is 0 Å². The van der Waals surface area contributed by atoms with Gasteiger partial charge in [-0.15, -0.1) is 0 Å². The lowest BCUT2D eigenvalue weighted by molar-refractivity contribution is 0.0940. The molecule has 0 aliphatic carbocycles. The van der Waals surface area contributed by atoms with E-state index in [2.05, 4.69) is 5.32 Å².